The SMILES string of the molecule is CC1=C(c2ccncc2)C(c2ccc3ccccc3c2)C(=O)N=C1C1CNC(CO)C1. The van der Waals surface area contributed by atoms with Crippen LogP contribution in [-0.4, -0.2) is 40.9 Å². The third kappa shape index (κ3) is 3.60. The minimum Gasteiger partial charge on any atom is -0.395 e. The summed E-state index contributed by atoms with van der Waals surface area (Å²) in [7, 11) is 0. The van der Waals surface area contributed by atoms with Crippen molar-refractivity contribution in [3.8, 4) is 0 Å². The molecule has 1 saturated heterocycles. The van der Waals surface area contributed by atoms with Gasteiger partial charge < -0.3 is 10.4 Å². The molecule has 5 heteroatoms. The average molecular weight is 412 g/mol. The molecule has 0 saturated carbocycles. The topological polar surface area (TPSA) is 74.6 Å². The summed E-state index contributed by atoms with van der Waals surface area (Å²) in [5, 5.41) is 15.1. The number of amides is 1. The van der Waals surface area contributed by atoms with Gasteiger partial charge in [0.05, 0.1) is 18.2 Å². The van der Waals surface area contributed by atoms with Crippen molar-refractivity contribution in [2.45, 2.75) is 25.3 Å². The number of rotatable bonds is 4. The molecule has 0 radical (unpaired) electrons. The molecule has 2 aliphatic rings. The summed E-state index contributed by atoms with van der Waals surface area (Å²) in [5.41, 5.74) is 4.85. The predicted octanol–water partition coefficient (Wildman–Crippen LogP) is 3.74. The second kappa shape index (κ2) is 8.17. The zero-order valence-electron chi connectivity index (χ0n) is 17.5. The van der Waals surface area contributed by atoms with Crippen molar-refractivity contribution in [3.63, 3.8) is 0 Å². The number of aromatic nitrogens is 1. The van der Waals surface area contributed by atoms with Crippen molar-refractivity contribution < 1.29 is 9.90 Å². The lowest BCUT2D eigenvalue weighted by Crippen LogP contribution is -2.28. The largest absolute Gasteiger partial charge is 0.395 e. The van der Waals surface area contributed by atoms with Crippen LogP contribution in [-0.2, 0) is 4.79 Å². The van der Waals surface area contributed by atoms with Crippen LogP contribution in [0.25, 0.3) is 16.3 Å². The first kappa shape index (κ1) is 19.8. The van der Waals surface area contributed by atoms with E-state index in [0.29, 0.717) is 0 Å². The summed E-state index contributed by atoms with van der Waals surface area (Å²) in [6, 6.07) is 18.4. The Morgan fingerprint density at radius 2 is 1.84 bits per heavy atom. The molecular formula is C26H25N3O2. The van der Waals surface area contributed by atoms with Crippen molar-refractivity contribution >= 4 is 28.0 Å². The van der Waals surface area contributed by atoms with Crippen LogP contribution in [0.3, 0.4) is 0 Å². The third-order valence-corrected chi connectivity index (χ3v) is 6.48. The summed E-state index contributed by atoms with van der Waals surface area (Å²) in [5.74, 6) is -0.454. The Bertz CT molecular complexity index is 1200. The highest BCUT2D eigenvalue weighted by Gasteiger charge is 2.37. The first-order valence-corrected chi connectivity index (χ1v) is 10.7. The molecule has 3 atom stereocenters. The first-order valence-electron chi connectivity index (χ1n) is 10.7. The Morgan fingerprint density at radius 3 is 2.58 bits per heavy atom. The van der Waals surface area contributed by atoms with E-state index in [-0.39, 0.29) is 24.5 Å². The van der Waals surface area contributed by atoms with E-state index < -0.39 is 5.92 Å². The van der Waals surface area contributed by atoms with Gasteiger partial charge in [0.1, 0.15) is 0 Å². The fraction of sp³-hybridized carbons (Fsp3) is 0.269. The maximum atomic E-state index is 13.5. The van der Waals surface area contributed by atoms with Gasteiger partial charge in [-0.2, -0.15) is 0 Å². The van der Waals surface area contributed by atoms with Crippen LogP contribution in [0.1, 0.15) is 30.4 Å². The zero-order chi connectivity index (χ0) is 21.4. The molecule has 2 N–H and O–H groups in total. The Hall–Kier alpha value is -3.15. The number of fused-ring (bicyclic) bond motifs is 1. The molecule has 2 aliphatic heterocycles. The minimum atomic E-state index is -0.446. The van der Waals surface area contributed by atoms with Crippen LogP contribution < -0.4 is 5.32 Å². The van der Waals surface area contributed by atoms with E-state index in [4.69, 9.17) is 0 Å². The summed E-state index contributed by atoms with van der Waals surface area (Å²) >= 11 is 0. The quantitative estimate of drug-likeness (QED) is 0.686. The molecule has 1 fully saturated rings. The standard InChI is InChI=1S/C26H25N3O2/c1-16-23(18-8-10-27-11-9-18)24(20-7-6-17-4-2-3-5-19(17)12-20)26(31)29-25(16)21-13-22(15-30)28-14-21/h2-12,21-22,24,28,30H,13-15H2,1H3. The summed E-state index contributed by atoms with van der Waals surface area (Å²) in [6.07, 6.45) is 4.31. The highest BCUT2D eigenvalue weighted by Crippen LogP contribution is 2.41. The van der Waals surface area contributed by atoms with Gasteiger partial charge in [-0.1, -0.05) is 42.5 Å². The van der Waals surface area contributed by atoms with E-state index >= 15 is 0 Å². The van der Waals surface area contributed by atoms with E-state index in [1.165, 1.54) is 0 Å². The number of carbonyl (C=O) groups excluding carboxylic acids is 1. The normalized spacial score (nSPS) is 24.0. The second-order valence-corrected chi connectivity index (χ2v) is 8.37. The molecule has 3 unspecified atom stereocenters. The van der Waals surface area contributed by atoms with E-state index in [2.05, 4.69) is 46.5 Å². The van der Waals surface area contributed by atoms with Crippen LogP contribution in [0.2, 0.25) is 0 Å². The first-order chi connectivity index (χ1) is 15.2. The van der Waals surface area contributed by atoms with Crippen LogP contribution in [0.5, 0.6) is 0 Å². The zero-order valence-corrected chi connectivity index (χ0v) is 17.5. The lowest BCUT2D eigenvalue weighted by Gasteiger charge is -2.28. The maximum Gasteiger partial charge on any atom is 0.257 e. The monoisotopic (exact) mass is 411 g/mol. The van der Waals surface area contributed by atoms with Gasteiger partial charge in [-0.3, -0.25) is 9.78 Å². The van der Waals surface area contributed by atoms with E-state index in [1.54, 1.807) is 12.4 Å². The smallest absolute Gasteiger partial charge is 0.257 e. The molecule has 2 aromatic carbocycles. The van der Waals surface area contributed by atoms with Crippen molar-refractivity contribution in [3.05, 3.63) is 83.7 Å². The van der Waals surface area contributed by atoms with Gasteiger partial charge in [0.2, 0.25) is 0 Å². The molecule has 5 rings (SSSR count). The van der Waals surface area contributed by atoms with Gasteiger partial charge >= 0.3 is 0 Å². The number of carbonyl (C=O) groups is 1. The number of aliphatic hydroxyl groups excluding tert-OH is 1. The van der Waals surface area contributed by atoms with Crippen LogP contribution in [0.15, 0.2) is 77.6 Å². The van der Waals surface area contributed by atoms with E-state index in [0.717, 1.165) is 51.7 Å². The number of hydrogen-bond acceptors (Lipinski definition) is 4. The number of aliphatic hydroxyl groups is 1. The number of nitrogens with one attached hydrogen (secondary N) is 1. The van der Waals surface area contributed by atoms with Crippen LogP contribution in [0.4, 0.5) is 0 Å². The lowest BCUT2D eigenvalue weighted by atomic mass is 9.78. The van der Waals surface area contributed by atoms with Crippen molar-refractivity contribution in [1.82, 2.24) is 10.3 Å². The van der Waals surface area contributed by atoms with Crippen LogP contribution in [0, 0.1) is 5.92 Å². The highest BCUT2D eigenvalue weighted by molar-refractivity contribution is 6.20. The van der Waals surface area contributed by atoms with Crippen molar-refractivity contribution in [2.24, 2.45) is 10.9 Å². The molecule has 0 aliphatic carbocycles. The molecule has 31 heavy (non-hydrogen) atoms. The average Bonchev–Trinajstić information content (AvgIpc) is 3.29. The van der Waals surface area contributed by atoms with E-state index in [1.807, 2.05) is 30.3 Å². The number of pyridine rings is 1. The number of allylic oxidation sites excluding steroid dienone is 1. The maximum absolute atomic E-state index is 13.5. The van der Waals surface area contributed by atoms with Crippen LogP contribution >= 0.6 is 0 Å². The highest BCUT2D eigenvalue weighted by atomic mass is 16.3. The molecule has 0 bridgehead atoms. The van der Waals surface area contributed by atoms with Gasteiger partial charge in [-0.05, 0) is 58.5 Å². The Labute approximate surface area is 181 Å². The number of aliphatic imine (C=N–C) groups is 1. The molecule has 156 valence electrons. The summed E-state index contributed by atoms with van der Waals surface area (Å²) < 4.78 is 0. The van der Waals surface area contributed by atoms with Gasteiger partial charge in [-0.15, -0.1) is 0 Å². The Balaban J connectivity index is 1.63. The fourth-order valence-corrected chi connectivity index (χ4v) is 4.92. The molecular weight excluding hydrogens is 386 g/mol. The van der Waals surface area contributed by atoms with Crippen molar-refractivity contribution in [2.75, 3.05) is 13.2 Å². The van der Waals surface area contributed by atoms with Gasteiger partial charge in [0, 0.05) is 30.9 Å². The van der Waals surface area contributed by atoms with Gasteiger partial charge in [-0.25, -0.2) is 4.99 Å². The number of dihydropyridines is 1. The number of hydrogen-bond donors (Lipinski definition) is 2. The van der Waals surface area contributed by atoms with Crippen molar-refractivity contribution in [1.29, 1.82) is 0 Å². The molecule has 5 nitrogen and oxygen atoms in total. The van der Waals surface area contributed by atoms with Gasteiger partial charge in [0.25, 0.3) is 5.91 Å². The molecule has 3 heterocycles. The lowest BCUT2D eigenvalue weighted by molar-refractivity contribution is -0.118. The molecule has 1 aromatic heterocycles. The number of nitrogens with zero attached hydrogens (tertiary/aromatic N) is 2. The molecule has 1 amide bonds. The predicted molar refractivity (Wildman–Crippen MR) is 123 cm³/mol. The Kier molecular flexibility index (Phi) is 5.22. The van der Waals surface area contributed by atoms with E-state index in [9.17, 15) is 9.90 Å². The number of benzene rings is 2. The Morgan fingerprint density at radius 1 is 1.06 bits per heavy atom. The summed E-state index contributed by atoms with van der Waals surface area (Å²) in [4.78, 5) is 22.2. The summed E-state index contributed by atoms with van der Waals surface area (Å²) in [6.45, 7) is 2.89. The second-order valence-electron chi connectivity index (χ2n) is 8.37. The fourth-order valence-electron chi connectivity index (χ4n) is 4.92. The third-order valence-electron chi connectivity index (χ3n) is 6.48. The minimum absolute atomic E-state index is 0.0539. The molecule has 0 spiro atoms. The molecule has 3 aromatic rings. The van der Waals surface area contributed by atoms with Gasteiger partial charge in [0.15, 0.2) is 0 Å².